The van der Waals surface area contributed by atoms with Crippen LogP contribution in [0.1, 0.15) is 18.2 Å². The predicted octanol–water partition coefficient (Wildman–Crippen LogP) is 2.19. The Kier molecular flexibility index (Phi) is 3.00. The molecule has 0 N–H and O–H groups in total. The van der Waals surface area contributed by atoms with Crippen LogP contribution in [0.3, 0.4) is 0 Å². The molecule has 0 amide bonds. The minimum atomic E-state index is -0.403. The van der Waals surface area contributed by atoms with Crippen LogP contribution >= 0.6 is 0 Å². The zero-order chi connectivity index (χ0) is 11.4. The summed E-state index contributed by atoms with van der Waals surface area (Å²) in [7, 11) is 0. The second-order valence-corrected chi connectivity index (χ2v) is 3.39. The van der Waals surface area contributed by atoms with E-state index in [0.29, 0.717) is 12.2 Å². The van der Waals surface area contributed by atoms with Gasteiger partial charge in [0, 0.05) is 19.4 Å². The smallest absolute Gasteiger partial charge is 0.309 e. The van der Waals surface area contributed by atoms with E-state index >= 15 is 0 Å². The molecule has 0 bridgehead atoms. The Morgan fingerprint density at radius 2 is 2.12 bits per heavy atom. The molecule has 0 atom stereocenters. The van der Waals surface area contributed by atoms with Crippen LogP contribution in [0.4, 0.5) is 0 Å². The van der Waals surface area contributed by atoms with Gasteiger partial charge in [-0.1, -0.05) is 30.3 Å². The van der Waals surface area contributed by atoms with Crippen LogP contribution in [0.5, 0.6) is 5.88 Å². The summed E-state index contributed by atoms with van der Waals surface area (Å²) in [6.07, 6.45) is 0.634. The van der Waals surface area contributed by atoms with Gasteiger partial charge < -0.3 is 9.26 Å². The molecule has 0 aliphatic heterocycles. The summed E-state index contributed by atoms with van der Waals surface area (Å²) >= 11 is 0. The number of rotatable bonds is 3. The number of esters is 1. The van der Waals surface area contributed by atoms with Gasteiger partial charge in [0.25, 0.3) is 5.88 Å². The van der Waals surface area contributed by atoms with Gasteiger partial charge in [-0.2, -0.15) is 0 Å². The predicted molar refractivity (Wildman–Crippen MR) is 57.1 cm³/mol. The molecule has 0 aliphatic rings. The van der Waals surface area contributed by atoms with E-state index in [2.05, 4.69) is 5.16 Å². The highest BCUT2D eigenvalue weighted by molar-refractivity contribution is 5.68. The van der Waals surface area contributed by atoms with Crippen molar-refractivity contribution in [2.75, 3.05) is 0 Å². The number of aromatic nitrogens is 1. The lowest BCUT2D eigenvalue weighted by Gasteiger charge is -1.94. The van der Waals surface area contributed by atoms with E-state index in [1.165, 1.54) is 6.92 Å². The average molecular weight is 217 g/mol. The first-order valence-electron chi connectivity index (χ1n) is 4.92. The first kappa shape index (κ1) is 10.4. The average Bonchev–Trinajstić information content (AvgIpc) is 2.66. The summed E-state index contributed by atoms with van der Waals surface area (Å²) in [5, 5.41) is 3.63. The third kappa shape index (κ3) is 2.70. The van der Waals surface area contributed by atoms with Gasteiger partial charge in [-0.25, -0.2) is 0 Å². The molecule has 2 aromatic rings. The van der Waals surface area contributed by atoms with E-state index in [4.69, 9.17) is 9.26 Å². The monoisotopic (exact) mass is 217 g/mol. The van der Waals surface area contributed by atoms with E-state index < -0.39 is 5.97 Å². The Bertz CT molecular complexity index is 476. The van der Waals surface area contributed by atoms with Crippen molar-refractivity contribution in [3.05, 3.63) is 47.7 Å². The highest BCUT2D eigenvalue weighted by Crippen LogP contribution is 2.15. The van der Waals surface area contributed by atoms with Crippen molar-refractivity contribution in [3.8, 4) is 5.88 Å². The third-order valence-corrected chi connectivity index (χ3v) is 2.01. The minimum Gasteiger partial charge on any atom is -0.404 e. The molecule has 1 heterocycles. The van der Waals surface area contributed by atoms with Crippen LogP contribution in [0.25, 0.3) is 0 Å². The van der Waals surface area contributed by atoms with Gasteiger partial charge in [-0.3, -0.25) is 4.79 Å². The van der Waals surface area contributed by atoms with Crippen molar-refractivity contribution in [2.45, 2.75) is 13.3 Å². The van der Waals surface area contributed by atoms with E-state index in [0.717, 1.165) is 5.56 Å². The molecule has 4 nitrogen and oxygen atoms in total. The molecule has 0 fully saturated rings. The van der Waals surface area contributed by atoms with Crippen molar-refractivity contribution in [3.63, 3.8) is 0 Å². The summed E-state index contributed by atoms with van der Waals surface area (Å²) < 4.78 is 9.83. The van der Waals surface area contributed by atoms with Crippen LogP contribution in [0.15, 0.2) is 40.9 Å². The summed E-state index contributed by atoms with van der Waals surface area (Å²) in [5.74, 6) is 0.473. The summed E-state index contributed by atoms with van der Waals surface area (Å²) in [4.78, 5) is 10.7. The Balaban J connectivity index is 2.06. The first-order chi connectivity index (χ1) is 7.74. The lowest BCUT2D eigenvalue weighted by molar-refractivity contribution is -0.132. The lowest BCUT2D eigenvalue weighted by Crippen LogP contribution is -2.00. The number of nitrogens with zero attached hydrogens (tertiary/aromatic N) is 1. The van der Waals surface area contributed by atoms with E-state index in [1.54, 1.807) is 6.07 Å². The van der Waals surface area contributed by atoms with Gasteiger partial charge in [0.1, 0.15) is 5.76 Å². The maximum Gasteiger partial charge on any atom is 0.309 e. The molecule has 0 aliphatic carbocycles. The molecule has 1 aromatic carbocycles. The molecule has 1 aromatic heterocycles. The van der Waals surface area contributed by atoms with Crippen molar-refractivity contribution >= 4 is 5.97 Å². The maximum atomic E-state index is 10.7. The lowest BCUT2D eigenvalue weighted by atomic mass is 10.1. The SMILES string of the molecule is CC(=O)Oc1cc(Cc2ccccc2)on1. The first-order valence-corrected chi connectivity index (χ1v) is 4.92. The second-order valence-electron chi connectivity index (χ2n) is 3.39. The third-order valence-electron chi connectivity index (χ3n) is 2.01. The largest absolute Gasteiger partial charge is 0.404 e. The van der Waals surface area contributed by atoms with Gasteiger partial charge in [0.2, 0.25) is 0 Å². The molecule has 82 valence electrons. The molecule has 0 radical (unpaired) electrons. The van der Waals surface area contributed by atoms with Gasteiger partial charge in [-0.15, -0.1) is 0 Å². The second kappa shape index (κ2) is 4.61. The van der Waals surface area contributed by atoms with Crippen LogP contribution in [-0.4, -0.2) is 11.1 Å². The van der Waals surface area contributed by atoms with Crippen molar-refractivity contribution in [2.24, 2.45) is 0 Å². The van der Waals surface area contributed by atoms with Gasteiger partial charge >= 0.3 is 5.97 Å². The fraction of sp³-hybridized carbons (Fsp3) is 0.167. The fourth-order valence-electron chi connectivity index (χ4n) is 1.37. The quantitative estimate of drug-likeness (QED) is 0.739. The zero-order valence-electron chi connectivity index (χ0n) is 8.84. The molecule has 0 saturated carbocycles. The Hall–Kier alpha value is -2.10. The molecule has 0 spiro atoms. The molecular weight excluding hydrogens is 206 g/mol. The zero-order valence-corrected chi connectivity index (χ0v) is 8.84. The molecule has 2 rings (SSSR count). The van der Waals surface area contributed by atoms with E-state index in [1.807, 2.05) is 30.3 Å². The number of hydrogen-bond donors (Lipinski definition) is 0. The Morgan fingerprint density at radius 1 is 1.38 bits per heavy atom. The highest BCUT2D eigenvalue weighted by Gasteiger charge is 2.07. The highest BCUT2D eigenvalue weighted by atomic mass is 16.6. The van der Waals surface area contributed by atoms with Crippen LogP contribution in [-0.2, 0) is 11.2 Å². The normalized spacial score (nSPS) is 10.1. The van der Waals surface area contributed by atoms with Crippen LogP contribution in [0.2, 0.25) is 0 Å². The van der Waals surface area contributed by atoms with Gasteiger partial charge in [-0.05, 0) is 10.7 Å². The van der Waals surface area contributed by atoms with Gasteiger partial charge in [0.15, 0.2) is 0 Å². The maximum absolute atomic E-state index is 10.7. The van der Waals surface area contributed by atoms with Crippen molar-refractivity contribution < 1.29 is 14.1 Å². The van der Waals surface area contributed by atoms with E-state index in [-0.39, 0.29) is 5.88 Å². The molecule has 16 heavy (non-hydrogen) atoms. The minimum absolute atomic E-state index is 0.207. The van der Waals surface area contributed by atoms with Crippen molar-refractivity contribution in [1.29, 1.82) is 0 Å². The number of benzene rings is 1. The molecule has 4 heteroatoms. The summed E-state index contributed by atoms with van der Waals surface area (Å²) in [6.45, 7) is 1.32. The molecule has 0 saturated heterocycles. The summed E-state index contributed by atoms with van der Waals surface area (Å²) in [5.41, 5.74) is 1.12. The number of carbonyl (C=O) groups excluding carboxylic acids is 1. The fourth-order valence-corrected chi connectivity index (χ4v) is 1.37. The number of ether oxygens (including phenoxy) is 1. The van der Waals surface area contributed by atoms with Crippen LogP contribution < -0.4 is 4.74 Å². The molecule has 0 unspecified atom stereocenters. The molecular formula is C12H11NO3. The topological polar surface area (TPSA) is 52.3 Å². The summed E-state index contributed by atoms with van der Waals surface area (Å²) in [6, 6.07) is 11.5. The van der Waals surface area contributed by atoms with Crippen LogP contribution in [0, 0.1) is 0 Å². The standard InChI is InChI=1S/C12H11NO3/c1-9(14)15-12-8-11(16-13-12)7-10-5-3-2-4-6-10/h2-6,8H,7H2,1H3. The number of hydrogen-bond acceptors (Lipinski definition) is 4. The Morgan fingerprint density at radius 3 is 2.81 bits per heavy atom. The van der Waals surface area contributed by atoms with Gasteiger partial charge in [0.05, 0.1) is 0 Å². The van der Waals surface area contributed by atoms with Crippen molar-refractivity contribution in [1.82, 2.24) is 5.16 Å². The number of carbonyl (C=O) groups is 1. The Labute approximate surface area is 92.8 Å². The van der Waals surface area contributed by atoms with E-state index in [9.17, 15) is 4.79 Å².